The summed E-state index contributed by atoms with van der Waals surface area (Å²) >= 11 is 0. The van der Waals surface area contributed by atoms with Crippen molar-refractivity contribution in [1.29, 1.82) is 0 Å². The summed E-state index contributed by atoms with van der Waals surface area (Å²) in [6, 6.07) is 14.8. The summed E-state index contributed by atoms with van der Waals surface area (Å²) in [4.78, 5) is 53.8. The molecule has 6 nitrogen and oxygen atoms in total. The van der Waals surface area contributed by atoms with Gasteiger partial charge in [-0.2, -0.15) is 0 Å². The molecule has 0 unspecified atom stereocenters. The van der Waals surface area contributed by atoms with Gasteiger partial charge < -0.3 is 0 Å². The monoisotopic (exact) mass is 536 g/mol. The Morgan fingerprint density at radius 1 is 0.500 bits per heavy atom. The van der Waals surface area contributed by atoms with E-state index < -0.39 is 29.4 Å². The van der Waals surface area contributed by atoms with Crippen LogP contribution in [0.2, 0.25) is 0 Å². The molecule has 4 amide bonds. The van der Waals surface area contributed by atoms with E-state index in [4.69, 9.17) is 0 Å². The molecule has 0 radical (unpaired) electrons. The van der Waals surface area contributed by atoms with Crippen LogP contribution in [-0.2, 0) is 0 Å². The predicted octanol–water partition coefficient (Wildman–Crippen LogP) is 6.25. The second-order valence-corrected chi connectivity index (χ2v) is 10.2. The molecular formula is C32H22F2N2O4. The average molecular weight is 537 g/mol. The quantitative estimate of drug-likeness (QED) is 0.290. The van der Waals surface area contributed by atoms with E-state index in [1.807, 2.05) is 0 Å². The van der Waals surface area contributed by atoms with Crippen molar-refractivity contribution >= 4 is 29.3 Å². The maximum atomic E-state index is 15.2. The van der Waals surface area contributed by atoms with E-state index in [1.54, 1.807) is 51.1 Å². The van der Waals surface area contributed by atoms with Crippen LogP contribution in [0.3, 0.4) is 0 Å². The lowest BCUT2D eigenvalue weighted by molar-refractivity contribution is 0.0692. The Morgan fingerprint density at radius 3 is 1.48 bits per heavy atom. The van der Waals surface area contributed by atoms with E-state index in [9.17, 15) is 23.6 Å². The van der Waals surface area contributed by atoms with Gasteiger partial charge in [-0.15, -0.1) is 0 Å². The third-order valence-corrected chi connectivity index (χ3v) is 7.58. The zero-order chi connectivity index (χ0) is 28.6. The Bertz CT molecular complexity index is 1860. The van der Waals surface area contributed by atoms with Gasteiger partial charge in [-0.05, 0) is 97.1 Å². The molecular weight excluding hydrogens is 514 g/mol. The first-order valence-electron chi connectivity index (χ1n) is 12.5. The zero-order valence-corrected chi connectivity index (χ0v) is 22.1. The molecule has 0 saturated carbocycles. The van der Waals surface area contributed by atoms with Crippen molar-refractivity contribution in [3.63, 3.8) is 0 Å². The lowest BCUT2D eigenvalue weighted by atomic mass is 9.90. The van der Waals surface area contributed by atoms with Crippen LogP contribution in [0, 0.1) is 32.4 Å². The molecule has 6 rings (SSSR count). The highest BCUT2D eigenvalue weighted by atomic mass is 19.1. The number of hydrogen-bond donors (Lipinski definition) is 0. The highest BCUT2D eigenvalue weighted by molar-refractivity contribution is 6.35. The SMILES string of the molecule is Cc1ccc(-c2ccc(N3C(=O)c4cc(C)c(-c5cc6c(cc5C)C(=O)N(C)C6=O)cc4C3=O)cc2F)c(F)c1. The number of amides is 4. The van der Waals surface area contributed by atoms with Crippen LogP contribution in [0.5, 0.6) is 0 Å². The Hall–Kier alpha value is -4.98. The van der Waals surface area contributed by atoms with Gasteiger partial charge in [0.25, 0.3) is 23.6 Å². The number of carbonyl (C=O) groups is 4. The van der Waals surface area contributed by atoms with Crippen molar-refractivity contribution in [2.24, 2.45) is 0 Å². The van der Waals surface area contributed by atoms with Crippen molar-refractivity contribution in [2.45, 2.75) is 20.8 Å². The molecule has 0 aliphatic carbocycles. The minimum atomic E-state index is -0.772. The van der Waals surface area contributed by atoms with Crippen molar-refractivity contribution < 1.29 is 28.0 Å². The van der Waals surface area contributed by atoms with Gasteiger partial charge in [0.05, 0.1) is 27.9 Å². The first-order valence-corrected chi connectivity index (χ1v) is 12.5. The van der Waals surface area contributed by atoms with Crippen LogP contribution >= 0.6 is 0 Å². The number of carbonyl (C=O) groups excluding carboxylic acids is 4. The topological polar surface area (TPSA) is 74.8 Å². The first kappa shape index (κ1) is 25.3. The highest BCUT2D eigenvalue weighted by Gasteiger charge is 2.38. The maximum Gasteiger partial charge on any atom is 0.266 e. The number of nitrogens with zero attached hydrogens (tertiary/aromatic N) is 2. The lowest BCUT2D eigenvalue weighted by Gasteiger charge is -2.15. The Balaban J connectivity index is 1.40. The fourth-order valence-corrected chi connectivity index (χ4v) is 5.43. The second kappa shape index (κ2) is 8.77. The van der Waals surface area contributed by atoms with Crippen molar-refractivity contribution in [2.75, 3.05) is 11.9 Å². The summed E-state index contributed by atoms with van der Waals surface area (Å²) in [6.07, 6.45) is 0. The lowest BCUT2D eigenvalue weighted by Crippen LogP contribution is -2.29. The number of imide groups is 2. The van der Waals surface area contributed by atoms with E-state index in [2.05, 4.69) is 0 Å². The first-order chi connectivity index (χ1) is 19.0. The second-order valence-electron chi connectivity index (χ2n) is 10.2. The van der Waals surface area contributed by atoms with E-state index in [-0.39, 0.29) is 39.4 Å². The zero-order valence-electron chi connectivity index (χ0n) is 22.1. The van der Waals surface area contributed by atoms with Crippen molar-refractivity contribution in [3.05, 3.63) is 111 Å². The molecule has 0 bridgehead atoms. The fraction of sp³-hybridized carbons (Fsp3) is 0.125. The largest absolute Gasteiger partial charge is 0.277 e. The van der Waals surface area contributed by atoms with Crippen LogP contribution in [-0.4, -0.2) is 35.6 Å². The number of benzene rings is 4. The van der Waals surface area contributed by atoms with E-state index in [0.717, 1.165) is 21.4 Å². The molecule has 4 aromatic rings. The number of anilines is 1. The van der Waals surface area contributed by atoms with Crippen LogP contribution in [0.4, 0.5) is 14.5 Å². The molecule has 0 spiro atoms. The molecule has 0 aromatic heterocycles. The van der Waals surface area contributed by atoms with Crippen LogP contribution in [0.25, 0.3) is 22.3 Å². The van der Waals surface area contributed by atoms with E-state index >= 15 is 4.39 Å². The average Bonchev–Trinajstić information content (AvgIpc) is 3.27. The highest BCUT2D eigenvalue weighted by Crippen LogP contribution is 2.38. The van der Waals surface area contributed by atoms with Gasteiger partial charge in [0.1, 0.15) is 11.6 Å². The molecule has 2 aliphatic rings. The molecule has 2 heterocycles. The molecule has 2 aliphatic heterocycles. The molecule has 0 saturated heterocycles. The molecule has 4 aromatic carbocycles. The van der Waals surface area contributed by atoms with Gasteiger partial charge in [0.15, 0.2) is 0 Å². The Kier molecular flexibility index (Phi) is 5.55. The van der Waals surface area contributed by atoms with Gasteiger partial charge in [0, 0.05) is 18.2 Å². The smallest absolute Gasteiger partial charge is 0.266 e. The van der Waals surface area contributed by atoms with Crippen LogP contribution < -0.4 is 4.90 Å². The van der Waals surface area contributed by atoms with Gasteiger partial charge in [-0.1, -0.05) is 12.1 Å². The van der Waals surface area contributed by atoms with E-state index in [0.29, 0.717) is 27.8 Å². The summed E-state index contributed by atoms with van der Waals surface area (Å²) in [7, 11) is 1.42. The Labute approximate surface area is 228 Å². The maximum absolute atomic E-state index is 15.2. The predicted molar refractivity (Wildman–Crippen MR) is 145 cm³/mol. The number of fused-ring (bicyclic) bond motifs is 2. The summed E-state index contributed by atoms with van der Waals surface area (Å²) in [5.74, 6) is -3.36. The van der Waals surface area contributed by atoms with Gasteiger partial charge >= 0.3 is 0 Å². The summed E-state index contributed by atoms with van der Waals surface area (Å²) < 4.78 is 29.6. The van der Waals surface area contributed by atoms with Crippen molar-refractivity contribution in [3.8, 4) is 22.3 Å². The summed E-state index contributed by atoms with van der Waals surface area (Å²) in [5, 5.41) is 0. The van der Waals surface area contributed by atoms with E-state index in [1.165, 1.54) is 31.3 Å². The number of hydrogen-bond acceptors (Lipinski definition) is 4. The number of rotatable bonds is 3. The fourth-order valence-electron chi connectivity index (χ4n) is 5.43. The molecule has 0 N–H and O–H groups in total. The van der Waals surface area contributed by atoms with Crippen LogP contribution in [0.15, 0.2) is 60.7 Å². The van der Waals surface area contributed by atoms with Crippen LogP contribution in [0.1, 0.15) is 58.1 Å². The minimum Gasteiger partial charge on any atom is -0.277 e. The normalized spacial score (nSPS) is 14.3. The van der Waals surface area contributed by atoms with Gasteiger partial charge in [0.2, 0.25) is 0 Å². The number of aryl methyl sites for hydroxylation is 3. The minimum absolute atomic E-state index is 0.0155. The van der Waals surface area contributed by atoms with Gasteiger partial charge in [-0.25, -0.2) is 13.7 Å². The number of halogens is 2. The third-order valence-electron chi connectivity index (χ3n) is 7.58. The molecule has 198 valence electrons. The third kappa shape index (κ3) is 3.60. The molecule has 8 heteroatoms. The molecule has 0 atom stereocenters. The summed E-state index contributed by atoms with van der Waals surface area (Å²) in [5.41, 5.74) is 4.43. The standard InChI is InChI=1S/C32H22F2N2O4/c1-15-5-7-19(27(33)9-15)20-8-6-18(12-28(20)34)36-31(39)24-11-17(3)22(14-26(24)32(36)40)21-13-25-23(10-16(21)2)29(37)35(4)30(25)38/h5-14H,1-4H3. The van der Waals surface area contributed by atoms with Gasteiger partial charge in [-0.3, -0.25) is 24.1 Å². The molecule has 0 fully saturated rings. The van der Waals surface area contributed by atoms with Crippen molar-refractivity contribution in [1.82, 2.24) is 4.90 Å². The Morgan fingerprint density at radius 2 is 0.950 bits per heavy atom. The summed E-state index contributed by atoms with van der Waals surface area (Å²) in [6.45, 7) is 5.32. The molecule has 40 heavy (non-hydrogen) atoms.